The number of methoxy groups -OCH3 is 1. The van der Waals surface area contributed by atoms with Gasteiger partial charge in [0.2, 0.25) is 0 Å². The molecule has 1 rings (SSSR count). The molecule has 0 saturated carbocycles. The number of anilines is 1. The summed E-state index contributed by atoms with van der Waals surface area (Å²) in [4.78, 5) is 11.3. The maximum absolute atomic E-state index is 11.3. The molecule has 0 bridgehead atoms. The van der Waals surface area contributed by atoms with Crippen molar-refractivity contribution in [2.24, 2.45) is 0 Å². The summed E-state index contributed by atoms with van der Waals surface area (Å²) in [5.41, 5.74) is 5.97. The molecule has 0 fully saturated rings. The molecule has 6 nitrogen and oxygen atoms in total. The highest BCUT2D eigenvalue weighted by molar-refractivity contribution is 5.69. The second kappa shape index (κ2) is 5.35. The smallest absolute Gasteiger partial charge is 0.328 e. The van der Waals surface area contributed by atoms with Crippen molar-refractivity contribution in [2.75, 3.05) is 19.5 Å². The van der Waals surface area contributed by atoms with Gasteiger partial charge in [-0.2, -0.15) is 5.10 Å². The highest BCUT2D eigenvalue weighted by Crippen LogP contribution is 1.99. The van der Waals surface area contributed by atoms with Crippen LogP contribution in [0, 0.1) is 0 Å². The van der Waals surface area contributed by atoms with Gasteiger partial charge in [-0.3, -0.25) is 9.48 Å². The third-order valence-electron chi connectivity index (χ3n) is 1.68. The number of rotatable bonds is 5. The summed E-state index contributed by atoms with van der Waals surface area (Å²) in [6, 6.07) is 0. The van der Waals surface area contributed by atoms with E-state index >= 15 is 0 Å². The molecule has 84 valence electrons. The van der Waals surface area contributed by atoms with E-state index in [-0.39, 0.29) is 18.6 Å². The summed E-state index contributed by atoms with van der Waals surface area (Å²) in [7, 11) is 1.55. The minimum absolute atomic E-state index is 0.0608. The van der Waals surface area contributed by atoms with E-state index in [1.165, 1.54) is 10.9 Å². The Bertz CT molecular complexity index is 324. The standard InChI is InChI=1S/C9H15N3O3/c1-7(6-14-2)15-9(13)5-12-4-8(10)3-11-12/h3-4,7H,5-6,10H2,1-2H3. The van der Waals surface area contributed by atoms with Crippen LogP contribution in [0.15, 0.2) is 12.4 Å². The normalized spacial score (nSPS) is 12.4. The number of carbonyl (C=O) groups excluding carboxylic acids is 1. The minimum atomic E-state index is -0.359. The van der Waals surface area contributed by atoms with E-state index in [9.17, 15) is 4.79 Å². The van der Waals surface area contributed by atoms with Crippen LogP contribution in [0.2, 0.25) is 0 Å². The fourth-order valence-electron chi connectivity index (χ4n) is 1.13. The molecule has 0 aliphatic heterocycles. The molecule has 2 N–H and O–H groups in total. The van der Waals surface area contributed by atoms with Crippen LogP contribution in [0.4, 0.5) is 5.69 Å². The first kappa shape index (κ1) is 11.5. The third kappa shape index (κ3) is 3.99. The summed E-state index contributed by atoms with van der Waals surface area (Å²) >= 11 is 0. The van der Waals surface area contributed by atoms with Gasteiger partial charge in [-0.25, -0.2) is 0 Å². The van der Waals surface area contributed by atoms with Crippen LogP contribution in [0.1, 0.15) is 6.92 Å². The maximum atomic E-state index is 11.3. The number of nitrogens with zero attached hydrogens (tertiary/aromatic N) is 2. The molecule has 6 heteroatoms. The lowest BCUT2D eigenvalue weighted by Gasteiger charge is -2.11. The zero-order valence-electron chi connectivity index (χ0n) is 8.84. The molecule has 0 spiro atoms. The van der Waals surface area contributed by atoms with Crippen LogP contribution in [-0.2, 0) is 20.8 Å². The number of nitrogen functional groups attached to an aromatic ring is 1. The lowest BCUT2D eigenvalue weighted by molar-refractivity contribution is -0.151. The third-order valence-corrected chi connectivity index (χ3v) is 1.68. The van der Waals surface area contributed by atoms with Gasteiger partial charge in [0.15, 0.2) is 0 Å². The first-order chi connectivity index (χ1) is 7.11. The fraction of sp³-hybridized carbons (Fsp3) is 0.556. The van der Waals surface area contributed by atoms with Crippen molar-refractivity contribution >= 4 is 11.7 Å². The quantitative estimate of drug-likeness (QED) is 0.699. The highest BCUT2D eigenvalue weighted by Gasteiger charge is 2.10. The lowest BCUT2D eigenvalue weighted by atomic mass is 10.4. The zero-order chi connectivity index (χ0) is 11.3. The number of nitrogens with two attached hydrogens (primary N) is 1. The van der Waals surface area contributed by atoms with Crippen LogP contribution in [0.5, 0.6) is 0 Å². The van der Waals surface area contributed by atoms with Crippen molar-refractivity contribution in [1.29, 1.82) is 0 Å². The molecule has 1 atom stereocenters. The van der Waals surface area contributed by atoms with Gasteiger partial charge in [-0.15, -0.1) is 0 Å². The Balaban J connectivity index is 2.36. The average Bonchev–Trinajstić information content (AvgIpc) is 2.51. The molecule has 0 amide bonds. The number of aromatic nitrogens is 2. The Morgan fingerprint density at radius 3 is 3.00 bits per heavy atom. The summed E-state index contributed by atoms with van der Waals surface area (Å²) in [5, 5.41) is 3.87. The lowest BCUT2D eigenvalue weighted by Crippen LogP contribution is -2.23. The molecule has 0 aliphatic rings. The van der Waals surface area contributed by atoms with Crippen molar-refractivity contribution in [3.8, 4) is 0 Å². The average molecular weight is 213 g/mol. The Morgan fingerprint density at radius 2 is 2.47 bits per heavy atom. The summed E-state index contributed by atoms with van der Waals surface area (Å²) in [5.74, 6) is -0.359. The van der Waals surface area contributed by atoms with E-state index in [2.05, 4.69) is 5.10 Å². The van der Waals surface area contributed by atoms with Crippen molar-refractivity contribution in [2.45, 2.75) is 19.6 Å². The van der Waals surface area contributed by atoms with Crippen LogP contribution in [0.25, 0.3) is 0 Å². The highest BCUT2D eigenvalue weighted by atomic mass is 16.6. The van der Waals surface area contributed by atoms with Gasteiger partial charge < -0.3 is 15.2 Å². The van der Waals surface area contributed by atoms with Crippen molar-refractivity contribution < 1.29 is 14.3 Å². The molecular formula is C9H15N3O3. The number of hydrogen-bond acceptors (Lipinski definition) is 5. The molecule has 0 radical (unpaired) electrons. The molecule has 0 saturated heterocycles. The monoisotopic (exact) mass is 213 g/mol. The van der Waals surface area contributed by atoms with Gasteiger partial charge >= 0.3 is 5.97 Å². The number of hydrogen-bond donors (Lipinski definition) is 1. The van der Waals surface area contributed by atoms with E-state index in [1.807, 2.05) is 0 Å². The summed E-state index contributed by atoms with van der Waals surface area (Å²) < 4.78 is 11.3. The predicted octanol–water partition coefficient (Wildman–Crippen LogP) is 0.0434. The molecule has 0 aromatic carbocycles. The second-order valence-corrected chi connectivity index (χ2v) is 3.23. The van der Waals surface area contributed by atoms with Crippen molar-refractivity contribution in [3.05, 3.63) is 12.4 Å². The zero-order valence-corrected chi connectivity index (χ0v) is 8.84. The summed E-state index contributed by atoms with van der Waals surface area (Å²) in [6.45, 7) is 2.21. The summed E-state index contributed by atoms with van der Waals surface area (Å²) in [6.07, 6.45) is 2.80. The number of esters is 1. The molecule has 15 heavy (non-hydrogen) atoms. The van der Waals surface area contributed by atoms with E-state index in [4.69, 9.17) is 15.2 Å². The molecule has 1 unspecified atom stereocenters. The Morgan fingerprint density at radius 1 is 1.73 bits per heavy atom. The van der Waals surface area contributed by atoms with Crippen molar-refractivity contribution in [3.63, 3.8) is 0 Å². The van der Waals surface area contributed by atoms with Crippen molar-refractivity contribution in [1.82, 2.24) is 9.78 Å². The predicted molar refractivity (Wildman–Crippen MR) is 54.1 cm³/mol. The number of carbonyl (C=O) groups is 1. The van der Waals surface area contributed by atoms with Crippen LogP contribution < -0.4 is 5.73 Å². The first-order valence-electron chi connectivity index (χ1n) is 4.58. The molecular weight excluding hydrogens is 198 g/mol. The van der Waals surface area contributed by atoms with Gasteiger partial charge in [0.25, 0.3) is 0 Å². The Kier molecular flexibility index (Phi) is 4.11. The van der Waals surface area contributed by atoms with E-state index in [0.29, 0.717) is 12.3 Å². The fourth-order valence-corrected chi connectivity index (χ4v) is 1.13. The van der Waals surface area contributed by atoms with Gasteiger partial charge in [0.05, 0.1) is 18.5 Å². The largest absolute Gasteiger partial charge is 0.459 e. The van der Waals surface area contributed by atoms with Gasteiger partial charge in [0, 0.05) is 13.3 Å². The van der Waals surface area contributed by atoms with Gasteiger partial charge in [0.1, 0.15) is 12.6 Å². The van der Waals surface area contributed by atoms with E-state index in [0.717, 1.165) is 0 Å². The maximum Gasteiger partial charge on any atom is 0.328 e. The van der Waals surface area contributed by atoms with E-state index < -0.39 is 0 Å². The topological polar surface area (TPSA) is 79.4 Å². The Labute approximate surface area is 88.0 Å². The van der Waals surface area contributed by atoms with E-state index in [1.54, 1.807) is 20.2 Å². The van der Waals surface area contributed by atoms with Gasteiger partial charge in [-0.1, -0.05) is 0 Å². The minimum Gasteiger partial charge on any atom is -0.459 e. The Hall–Kier alpha value is -1.56. The first-order valence-corrected chi connectivity index (χ1v) is 4.58. The van der Waals surface area contributed by atoms with Crippen LogP contribution >= 0.6 is 0 Å². The molecule has 1 heterocycles. The molecule has 0 aliphatic carbocycles. The number of ether oxygens (including phenoxy) is 2. The molecule has 1 aromatic heterocycles. The SMILES string of the molecule is COCC(C)OC(=O)Cn1cc(N)cn1. The van der Waals surface area contributed by atoms with Crippen LogP contribution in [-0.4, -0.2) is 35.6 Å². The second-order valence-electron chi connectivity index (χ2n) is 3.23. The van der Waals surface area contributed by atoms with Crippen LogP contribution in [0.3, 0.4) is 0 Å². The van der Waals surface area contributed by atoms with Gasteiger partial charge in [-0.05, 0) is 6.92 Å². The molecule has 1 aromatic rings.